The molecule has 0 saturated carbocycles. The van der Waals surface area contributed by atoms with Gasteiger partial charge in [0.25, 0.3) is 0 Å². The lowest BCUT2D eigenvalue weighted by atomic mass is 10.0. The minimum Gasteiger partial charge on any atom is -0.394 e. The van der Waals surface area contributed by atoms with E-state index in [-0.39, 0.29) is 6.42 Å². The second-order valence-electron chi connectivity index (χ2n) is 2.81. The number of nitrogens with zero attached hydrogens (tertiary/aromatic N) is 1. The van der Waals surface area contributed by atoms with Crippen molar-refractivity contribution in [3.8, 4) is 0 Å². The molecule has 0 heterocycles. The highest BCUT2D eigenvalue weighted by molar-refractivity contribution is 4.83. The van der Waals surface area contributed by atoms with E-state index in [9.17, 15) is 10.0 Å². The Morgan fingerprint density at radius 2 is 1.77 bits per heavy atom. The van der Waals surface area contributed by atoms with Gasteiger partial charge in [-0.15, -0.1) is 0 Å². The second-order valence-corrected chi connectivity index (χ2v) is 2.81. The maximum absolute atomic E-state index is 10.1. The molecule has 6 heteroatoms. The van der Waals surface area contributed by atoms with Crippen LogP contribution in [0.25, 0.3) is 0 Å². The molecule has 4 N–H and O–H groups in total. The van der Waals surface area contributed by atoms with Crippen LogP contribution in [-0.2, 0) is 0 Å². The van der Waals surface area contributed by atoms with E-state index in [1.807, 2.05) is 0 Å². The lowest BCUT2D eigenvalue weighted by molar-refractivity contribution is -0.0833. The van der Waals surface area contributed by atoms with Gasteiger partial charge in [-0.1, -0.05) is 12.1 Å². The second kappa shape index (κ2) is 5.98. The Kier molecular flexibility index (Phi) is 5.72. The van der Waals surface area contributed by atoms with Crippen molar-refractivity contribution >= 4 is 0 Å². The van der Waals surface area contributed by atoms with Gasteiger partial charge in [0, 0.05) is 0 Å². The summed E-state index contributed by atoms with van der Waals surface area (Å²) in [6.45, 7) is 0.945. The molecule has 0 aliphatic carbocycles. The van der Waals surface area contributed by atoms with Crippen molar-refractivity contribution in [2.45, 2.75) is 37.7 Å². The SMILES string of the molecule is CC[C@H](N=O)[C@@H](O)[C@H](O)[C@H](O)CO. The Labute approximate surface area is 75.8 Å². The van der Waals surface area contributed by atoms with E-state index in [0.29, 0.717) is 0 Å². The Morgan fingerprint density at radius 1 is 1.23 bits per heavy atom. The lowest BCUT2D eigenvalue weighted by Crippen LogP contribution is -2.44. The van der Waals surface area contributed by atoms with Gasteiger partial charge in [0.2, 0.25) is 0 Å². The molecule has 0 fully saturated rings. The molecule has 0 saturated heterocycles. The first-order valence-corrected chi connectivity index (χ1v) is 4.06. The van der Waals surface area contributed by atoms with E-state index >= 15 is 0 Å². The fraction of sp³-hybridized carbons (Fsp3) is 1.00. The number of aliphatic hydroxyl groups is 4. The zero-order valence-corrected chi connectivity index (χ0v) is 7.37. The normalized spacial score (nSPS) is 20.4. The van der Waals surface area contributed by atoms with Crippen molar-refractivity contribution in [2.75, 3.05) is 6.61 Å². The fourth-order valence-corrected chi connectivity index (χ4v) is 0.942. The van der Waals surface area contributed by atoms with Crippen LogP contribution in [0.2, 0.25) is 0 Å². The van der Waals surface area contributed by atoms with Gasteiger partial charge in [-0.2, -0.15) is 4.91 Å². The molecule has 0 amide bonds. The minimum atomic E-state index is -1.55. The molecule has 4 atom stereocenters. The summed E-state index contributed by atoms with van der Waals surface area (Å²) in [6, 6.07) is -0.962. The number of hydrogen-bond donors (Lipinski definition) is 4. The van der Waals surface area contributed by atoms with Gasteiger partial charge in [-0.25, -0.2) is 0 Å². The summed E-state index contributed by atoms with van der Waals surface area (Å²) in [5.41, 5.74) is 0. The van der Waals surface area contributed by atoms with E-state index in [4.69, 9.17) is 15.3 Å². The van der Waals surface area contributed by atoms with Crippen molar-refractivity contribution in [1.29, 1.82) is 0 Å². The summed E-state index contributed by atoms with van der Waals surface area (Å²) < 4.78 is 0. The topological polar surface area (TPSA) is 110 Å². The summed E-state index contributed by atoms with van der Waals surface area (Å²) >= 11 is 0. The van der Waals surface area contributed by atoms with Crippen LogP contribution >= 0.6 is 0 Å². The Morgan fingerprint density at radius 3 is 2.08 bits per heavy atom. The number of aliphatic hydroxyl groups excluding tert-OH is 4. The van der Waals surface area contributed by atoms with Crippen LogP contribution < -0.4 is 0 Å². The maximum atomic E-state index is 10.1. The molecule has 0 rings (SSSR count). The van der Waals surface area contributed by atoms with Crippen LogP contribution in [0, 0.1) is 4.91 Å². The fourth-order valence-electron chi connectivity index (χ4n) is 0.942. The standard InChI is InChI=1S/C7H15NO5/c1-2-4(8-13)6(11)7(12)5(10)3-9/h4-7,9-12H,2-3H2,1H3/t4-,5+,6+,7+/m0/s1. The summed E-state index contributed by atoms with van der Waals surface area (Å²) in [4.78, 5) is 10.1. The van der Waals surface area contributed by atoms with Crippen LogP contribution in [-0.4, -0.2) is 51.4 Å². The van der Waals surface area contributed by atoms with Crippen LogP contribution in [0.1, 0.15) is 13.3 Å². The average Bonchev–Trinajstić information content (AvgIpc) is 2.17. The van der Waals surface area contributed by atoms with Gasteiger partial charge in [0.05, 0.1) is 6.61 Å². The molecule has 0 spiro atoms. The van der Waals surface area contributed by atoms with Gasteiger partial charge in [-0.3, -0.25) is 0 Å². The zero-order valence-electron chi connectivity index (χ0n) is 7.37. The first-order valence-electron chi connectivity index (χ1n) is 4.06. The minimum absolute atomic E-state index is 0.264. The van der Waals surface area contributed by atoms with Crippen molar-refractivity contribution in [3.05, 3.63) is 4.91 Å². The lowest BCUT2D eigenvalue weighted by Gasteiger charge is -2.23. The summed E-state index contributed by atoms with van der Waals surface area (Å²) in [5.74, 6) is 0. The van der Waals surface area contributed by atoms with Crippen molar-refractivity contribution < 1.29 is 20.4 Å². The van der Waals surface area contributed by atoms with Crippen LogP contribution in [0.3, 0.4) is 0 Å². The Bertz CT molecular complexity index is 154. The molecule has 0 aliphatic rings. The average molecular weight is 193 g/mol. The molecule has 0 aromatic rings. The van der Waals surface area contributed by atoms with Gasteiger partial charge in [0.15, 0.2) is 0 Å². The maximum Gasteiger partial charge on any atom is 0.120 e. The van der Waals surface area contributed by atoms with Crippen LogP contribution in [0.15, 0.2) is 5.18 Å². The van der Waals surface area contributed by atoms with Gasteiger partial charge in [-0.05, 0) is 6.42 Å². The van der Waals surface area contributed by atoms with Gasteiger partial charge >= 0.3 is 0 Å². The van der Waals surface area contributed by atoms with Crippen molar-refractivity contribution in [2.24, 2.45) is 5.18 Å². The molecule has 78 valence electrons. The van der Waals surface area contributed by atoms with Crippen molar-refractivity contribution in [3.63, 3.8) is 0 Å². The summed E-state index contributed by atoms with van der Waals surface area (Å²) in [5, 5.41) is 38.4. The summed E-state index contributed by atoms with van der Waals surface area (Å²) in [7, 11) is 0. The van der Waals surface area contributed by atoms with Crippen molar-refractivity contribution in [1.82, 2.24) is 0 Å². The van der Waals surface area contributed by atoms with E-state index in [1.54, 1.807) is 6.92 Å². The Hall–Kier alpha value is -0.560. The largest absolute Gasteiger partial charge is 0.394 e. The molecule has 0 aromatic carbocycles. The van der Waals surface area contributed by atoms with E-state index < -0.39 is 31.0 Å². The van der Waals surface area contributed by atoms with E-state index in [0.717, 1.165) is 0 Å². The quantitative estimate of drug-likeness (QED) is 0.388. The summed E-state index contributed by atoms with van der Waals surface area (Å²) in [6.07, 6.45) is -4.18. The highest BCUT2D eigenvalue weighted by atomic mass is 16.4. The zero-order chi connectivity index (χ0) is 10.4. The Balaban J connectivity index is 4.21. The third kappa shape index (κ3) is 3.35. The predicted octanol–water partition coefficient (Wildman–Crippen LogP) is -1.39. The first kappa shape index (κ1) is 12.4. The highest BCUT2D eigenvalue weighted by Crippen LogP contribution is 2.10. The molecule has 0 radical (unpaired) electrons. The van der Waals surface area contributed by atoms with Gasteiger partial charge in [0.1, 0.15) is 24.4 Å². The molecule has 0 bridgehead atoms. The molecule has 0 aromatic heterocycles. The molecule has 0 unspecified atom stereocenters. The third-order valence-electron chi connectivity index (χ3n) is 1.88. The molecule has 13 heavy (non-hydrogen) atoms. The van der Waals surface area contributed by atoms with Gasteiger partial charge < -0.3 is 20.4 Å². The molecular weight excluding hydrogens is 178 g/mol. The monoisotopic (exact) mass is 193 g/mol. The molecular formula is C7H15NO5. The highest BCUT2D eigenvalue weighted by Gasteiger charge is 2.30. The predicted molar refractivity (Wildman–Crippen MR) is 45.0 cm³/mol. The van der Waals surface area contributed by atoms with Crippen LogP contribution in [0.4, 0.5) is 0 Å². The number of rotatable bonds is 6. The van der Waals surface area contributed by atoms with Crippen LogP contribution in [0.5, 0.6) is 0 Å². The molecule has 0 aliphatic heterocycles. The third-order valence-corrected chi connectivity index (χ3v) is 1.88. The smallest absolute Gasteiger partial charge is 0.120 e. The number of hydrogen-bond acceptors (Lipinski definition) is 6. The first-order chi connectivity index (χ1) is 6.08. The van der Waals surface area contributed by atoms with E-state index in [1.165, 1.54) is 0 Å². The number of nitroso groups, excluding NO2 is 1. The molecule has 6 nitrogen and oxygen atoms in total. The van der Waals surface area contributed by atoms with E-state index in [2.05, 4.69) is 5.18 Å².